The highest BCUT2D eigenvalue weighted by Gasteiger charge is 2.15. The van der Waals surface area contributed by atoms with E-state index in [0.717, 1.165) is 16.6 Å². The molecule has 0 fully saturated rings. The Balaban J connectivity index is 1.69. The second-order valence-corrected chi connectivity index (χ2v) is 6.30. The number of carbonyl (C=O) groups is 1. The molecule has 25 heavy (non-hydrogen) atoms. The van der Waals surface area contributed by atoms with Crippen LogP contribution in [0.3, 0.4) is 0 Å². The van der Waals surface area contributed by atoms with Crippen LogP contribution in [0.1, 0.15) is 18.2 Å². The Hall–Kier alpha value is -2.69. The second kappa shape index (κ2) is 7.05. The summed E-state index contributed by atoms with van der Waals surface area (Å²) in [6, 6.07) is 13.3. The van der Waals surface area contributed by atoms with E-state index in [0.29, 0.717) is 0 Å². The van der Waals surface area contributed by atoms with Gasteiger partial charge in [-0.2, -0.15) is 0 Å². The summed E-state index contributed by atoms with van der Waals surface area (Å²) in [5.41, 5.74) is 1.98. The Morgan fingerprint density at radius 1 is 1.12 bits per heavy atom. The first-order valence-electron chi connectivity index (χ1n) is 8.23. The van der Waals surface area contributed by atoms with Crippen LogP contribution in [0.25, 0.3) is 10.9 Å². The normalized spacial score (nSPS) is 12.3. The van der Waals surface area contributed by atoms with E-state index in [4.69, 9.17) is 0 Å². The van der Waals surface area contributed by atoms with Crippen LogP contribution in [0, 0.1) is 18.6 Å². The fourth-order valence-electron chi connectivity index (χ4n) is 3.11. The molecular formula is C20H20F2N2O. The summed E-state index contributed by atoms with van der Waals surface area (Å²) in [4.78, 5) is 12.4. The molecule has 3 rings (SSSR count). The van der Waals surface area contributed by atoms with Crippen LogP contribution >= 0.6 is 0 Å². The van der Waals surface area contributed by atoms with E-state index in [2.05, 4.69) is 5.32 Å². The molecule has 0 bridgehead atoms. The molecule has 0 saturated heterocycles. The Morgan fingerprint density at radius 3 is 2.52 bits per heavy atom. The van der Waals surface area contributed by atoms with Gasteiger partial charge in [-0.05, 0) is 49.9 Å². The Labute approximate surface area is 145 Å². The summed E-state index contributed by atoms with van der Waals surface area (Å²) >= 11 is 0. The number of aryl methyl sites for hydroxylation is 1. The maximum atomic E-state index is 13.7. The quantitative estimate of drug-likeness (QED) is 0.748. The molecule has 1 aromatic heterocycles. The predicted molar refractivity (Wildman–Crippen MR) is 94.3 cm³/mol. The van der Waals surface area contributed by atoms with Crippen LogP contribution in [-0.4, -0.2) is 16.5 Å². The van der Waals surface area contributed by atoms with Crippen molar-refractivity contribution in [1.82, 2.24) is 9.88 Å². The van der Waals surface area contributed by atoms with Gasteiger partial charge in [0.1, 0.15) is 18.2 Å². The highest BCUT2D eigenvalue weighted by atomic mass is 19.1. The molecule has 0 saturated carbocycles. The van der Waals surface area contributed by atoms with Crippen molar-refractivity contribution in [3.05, 3.63) is 71.4 Å². The molecule has 0 spiro atoms. The summed E-state index contributed by atoms with van der Waals surface area (Å²) < 4.78 is 29.4. The van der Waals surface area contributed by atoms with E-state index < -0.39 is 11.6 Å². The zero-order chi connectivity index (χ0) is 18.0. The van der Waals surface area contributed by atoms with E-state index >= 15 is 0 Å². The number of hydrogen-bond acceptors (Lipinski definition) is 1. The molecule has 1 heterocycles. The van der Waals surface area contributed by atoms with Crippen LogP contribution < -0.4 is 5.32 Å². The summed E-state index contributed by atoms with van der Waals surface area (Å²) in [5.74, 6) is -1.37. The first kappa shape index (κ1) is 17.1. The van der Waals surface area contributed by atoms with Gasteiger partial charge in [0.15, 0.2) is 0 Å². The third-order valence-corrected chi connectivity index (χ3v) is 4.30. The zero-order valence-corrected chi connectivity index (χ0v) is 14.2. The van der Waals surface area contributed by atoms with E-state index in [1.807, 2.05) is 41.8 Å². The summed E-state index contributed by atoms with van der Waals surface area (Å²) in [7, 11) is 0. The molecule has 1 N–H and O–H groups in total. The van der Waals surface area contributed by atoms with Gasteiger partial charge in [0.05, 0.1) is 0 Å². The topological polar surface area (TPSA) is 34.0 Å². The number of aromatic nitrogens is 1. The molecule has 1 atom stereocenters. The van der Waals surface area contributed by atoms with Gasteiger partial charge in [-0.3, -0.25) is 4.79 Å². The summed E-state index contributed by atoms with van der Waals surface area (Å²) in [5, 5.41) is 3.90. The largest absolute Gasteiger partial charge is 0.352 e. The maximum absolute atomic E-state index is 13.7. The third-order valence-electron chi connectivity index (χ3n) is 4.30. The molecule has 1 amide bonds. The second-order valence-electron chi connectivity index (χ2n) is 6.30. The number of para-hydroxylation sites is 1. The summed E-state index contributed by atoms with van der Waals surface area (Å²) in [6.45, 7) is 3.86. The number of benzene rings is 2. The van der Waals surface area contributed by atoms with Gasteiger partial charge in [0.2, 0.25) is 5.91 Å². The van der Waals surface area contributed by atoms with Gasteiger partial charge in [-0.1, -0.05) is 24.3 Å². The van der Waals surface area contributed by atoms with Crippen molar-refractivity contribution in [1.29, 1.82) is 0 Å². The van der Waals surface area contributed by atoms with Gasteiger partial charge in [0, 0.05) is 22.8 Å². The van der Waals surface area contributed by atoms with Crippen molar-refractivity contribution in [2.45, 2.75) is 32.9 Å². The number of halogens is 2. The Bertz CT molecular complexity index is 897. The van der Waals surface area contributed by atoms with Gasteiger partial charge in [-0.25, -0.2) is 8.78 Å². The molecular weight excluding hydrogens is 322 g/mol. The molecule has 0 radical (unpaired) electrons. The number of carbonyl (C=O) groups excluding carboxylic acids is 1. The number of amides is 1. The molecule has 0 unspecified atom stereocenters. The minimum Gasteiger partial charge on any atom is -0.352 e. The number of nitrogens with one attached hydrogen (secondary N) is 1. The molecule has 0 aliphatic carbocycles. The van der Waals surface area contributed by atoms with Crippen molar-refractivity contribution in [3.8, 4) is 0 Å². The molecule has 130 valence electrons. The first-order chi connectivity index (χ1) is 12.0. The van der Waals surface area contributed by atoms with E-state index in [1.54, 1.807) is 6.92 Å². The lowest BCUT2D eigenvalue weighted by Gasteiger charge is -2.16. The van der Waals surface area contributed by atoms with Crippen LogP contribution in [0.15, 0.2) is 48.5 Å². The van der Waals surface area contributed by atoms with Crippen LogP contribution in [0.2, 0.25) is 0 Å². The van der Waals surface area contributed by atoms with Gasteiger partial charge in [-0.15, -0.1) is 0 Å². The average molecular weight is 342 g/mol. The van der Waals surface area contributed by atoms with Crippen molar-refractivity contribution in [2.75, 3.05) is 0 Å². The fraction of sp³-hybridized carbons (Fsp3) is 0.250. The predicted octanol–water partition coefficient (Wildman–Crippen LogP) is 3.98. The molecule has 0 aliphatic heterocycles. The standard InChI is InChI=1S/C20H20F2N2O/c1-13(10-16-17(21)7-5-8-18(16)22)23-20(25)12-24-14(2)11-15-6-3-4-9-19(15)24/h3-9,11,13H,10,12H2,1-2H3,(H,23,25)/t13-/m1/s1. The van der Waals surface area contributed by atoms with Crippen molar-refractivity contribution in [2.24, 2.45) is 0 Å². The number of hydrogen-bond donors (Lipinski definition) is 1. The number of nitrogens with zero attached hydrogens (tertiary/aromatic N) is 1. The average Bonchev–Trinajstić information content (AvgIpc) is 2.87. The lowest BCUT2D eigenvalue weighted by molar-refractivity contribution is -0.122. The lowest BCUT2D eigenvalue weighted by atomic mass is 10.1. The first-order valence-corrected chi connectivity index (χ1v) is 8.23. The lowest BCUT2D eigenvalue weighted by Crippen LogP contribution is -2.36. The van der Waals surface area contributed by atoms with Gasteiger partial charge in [0.25, 0.3) is 0 Å². The minimum atomic E-state index is -0.589. The number of rotatable bonds is 5. The maximum Gasteiger partial charge on any atom is 0.240 e. The zero-order valence-electron chi connectivity index (χ0n) is 14.2. The Morgan fingerprint density at radius 2 is 1.80 bits per heavy atom. The van der Waals surface area contributed by atoms with Gasteiger partial charge < -0.3 is 9.88 Å². The molecule has 3 aromatic rings. The van der Waals surface area contributed by atoms with Gasteiger partial charge >= 0.3 is 0 Å². The summed E-state index contributed by atoms with van der Waals surface area (Å²) in [6.07, 6.45) is 0.107. The van der Waals surface area contributed by atoms with Crippen molar-refractivity contribution < 1.29 is 13.6 Å². The molecule has 2 aromatic carbocycles. The van der Waals surface area contributed by atoms with Crippen molar-refractivity contribution >= 4 is 16.8 Å². The highest BCUT2D eigenvalue weighted by Crippen LogP contribution is 2.19. The third kappa shape index (κ3) is 3.71. The molecule has 0 aliphatic rings. The van der Waals surface area contributed by atoms with Crippen LogP contribution in [-0.2, 0) is 17.8 Å². The van der Waals surface area contributed by atoms with Crippen LogP contribution in [0.4, 0.5) is 8.78 Å². The van der Waals surface area contributed by atoms with E-state index in [1.165, 1.54) is 18.2 Å². The molecule has 3 nitrogen and oxygen atoms in total. The Kier molecular flexibility index (Phi) is 4.83. The van der Waals surface area contributed by atoms with Crippen LogP contribution in [0.5, 0.6) is 0 Å². The fourth-order valence-corrected chi connectivity index (χ4v) is 3.11. The number of fused-ring (bicyclic) bond motifs is 1. The SMILES string of the molecule is Cc1cc2ccccc2n1CC(=O)N[C@H](C)Cc1c(F)cccc1F. The van der Waals surface area contributed by atoms with E-state index in [-0.39, 0.29) is 30.5 Å². The smallest absolute Gasteiger partial charge is 0.240 e. The minimum absolute atomic E-state index is 0.00195. The highest BCUT2D eigenvalue weighted by molar-refractivity contribution is 5.84. The monoisotopic (exact) mass is 342 g/mol. The molecule has 5 heteroatoms. The van der Waals surface area contributed by atoms with Crippen molar-refractivity contribution in [3.63, 3.8) is 0 Å². The van der Waals surface area contributed by atoms with E-state index in [9.17, 15) is 13.6 Å².